The number of Topliss-reactive ketones (excluding diaryl/α,β-unsaturated/α-hetero) is 1. The number of hydrogen-bond acceptors (Lipinski definition) is 7. The van der Waals surface area contributed by atoms with Gasteiger partial charge < -0.3 is 18.8 Å². The number of fused-ring (bicyclic) bond motifs is 2. The lowest BCUT2D eigenvalue weighted by molar-refractivity contribution is -0.142. The number of carbonyl (C=O) groups is 2. The SMILES string of the molecule is Cc1cc(C(=O)COC(=O)CCc2nc3ccccc3s2)c(C)n1Cc1ccc2c(c1)OCO2. The monoisotopic (exact) mass is 476 g/mol. The van der Waals surface area contributed by atoms with Crippen LogP contribution in [0.2, 0.25) is 0 Å². The molecule has 0 unspecified atom stereocenters. The zero-order valence-corrected chi connectivity index (χ0v) is 19.8. The largest absolute Gasteiger partial charge is 0.457 e. The molecule has 0 saturated heterocycles. The molecule has 1 aliphatic rings. The van der Waals surface area contributed by atoms with Gasteiger partial charge >= 0.3 is 5.97 Å². The van der Waals surface area contributed by atoms with Gasteiger partial charge in [0.2, 0.25) is 12.6 Å². The Morgan fingerprint density at radius 1 is 1.09 bits per heavy atom. The summed E-state index contributed by atoms with van der Waals surface area (Å²) in [4.78, 5) is 29.6. The molecule has 0 fully saturated rings. The molecule has 3 heterocycles. The Bertz CT molecular complexity index is 1350. The van der Waals surface area contributed by atoms with Crippen LogP contribution in [-0.2, 0) is 22.5 Å². The van der Waals surface area contributed by atoms with Crippen LogP contribution >= 0.6 is 11.3 Å². The molecule has 4 aromatic rings. The second-order valence-electron chi connectivity index (χ2n) is 8.22. The van der Waals surface area contributed by atoms with Crippen LogP contribution in [0.25, 0.3) is 10.2 Å². The Balaban J connectivity index is 1.18. The molecule has 1 aliphatic heterocycles. The second-order valence-corrected chi connectivity index (χ2v) is 9.33. The highest BCUT2D eigenvalue weighted by atomic mass is 32.1. The molecular weight excluding hydrogens is 452 g/mol. The van der Waals surface area contributed by atoms with Crippen molar-refractivity contribution in [3.63, 3.8) is 0 Å². The third kappa shape index (κ3) is 4.54. The fourth-order valence-electron chi connectivity index (χ4n) is 4.08. The van der Waals surface area contributed by atoms with Crippen LogP contribution in [0.15, 0.2) is 48.5 Å². The first-order valence-electron chi connectivity index (χ1n) is 11.1. The fourth-order valence-corrected chi connectivity index (χ4v) is 5.05. The van der Waals surface area contributed by atoms with E-state index in [-0.39, 0.29) is 25.6 Å². The Morgan fingerprint density at radius 3 is 2.76 bits per heavy atom. The number of rotatable bonds is 8. The Labute approximate surface area is 200 Å². The second kappa shape index (κ2) is 9.30. The first kappa shape index (κ1) is 22.2. The summed E-state index contributed by atoms with van der Waals surface area (Å²) in [6, 6.07) is 15.6. The van der Waals surface area contributed by atoms with Gasteiger partial charge in [0.05, 0.1) is 21.6 Å². The van der Waals surface area contributed by atoms with Crippen LogP contribution in [0.1, 0.15) is 38.7 Å². The van der Waals surface area contributed by atoms with E-state index < -0.39 is 5.97 Å². The third-order valence-corrected chi connectivity index (χ3v) is 6.99. The molecule has 0 bridgehead atoms. The minimum absolute atomic E-state index is 0.191. The van der Waals surface area contributed by atoms with E-state index in [4.69, 9.17) is 14.2 Å². The first-order valence-corrected chi connectivity index (χ1v) is 11.9. The van der Waals surface area contributed by atoms with Crippen molar-refractivity contribution in [2.75, 3.05) is 13.4 Å². The quantitative estimate of drug-likeness (QED) is 0.267. The predicted molar refractivity (Wildman–Crippen MR) is 129 cm³/mol. The molecule has 7 nitrogen and oxygen atoms in total. The number of carbonyl (C=O) groups excluding carboxylic acids is 2. The lowest BCUT2D eigenvalue weighted by atomic mass is 10.1. The van der Waals surface area contributed by atoms with Gasteiger partial charge in [0.1, 0.15) is 0 Å². The van der Waals surface area contributed by atoms with Gasteiger partial charge in [0.25, 0.3) is 0 Å². The molecule has 0 N–H and O–H groups in total. The van der Waals surface area contributed by atoms with E-state index in [0.29, 0.717) is 18.5 Å². The van der Waals surface area contributed by atoms with Crippen molar-refractivity contribution >= 4 is 33.3 Å². The lowest BCUT2D eigenvalue weighted by Crippen LogP contribution is -2.15. The van der Waals surface area contributed by atoms with Crippen LogP contribution in [0, 0.1) is 13.8 Å². The van der Waals surface area contributed by atoms with Gasteiger partial charge in [0.15, 0.2) is 18.1 Å². The number of aryl methyl sites for hydroxylation is 2. The molecule has 0 aliphatic carbocycles. The van der Waals surface area contributed by atoms with E-state index in [0.717, 1.165) is 43.7 Å². The van der Waals surface area contributed by atoms with E-state index in [2.05, 4.69) is 9.55 Å². The van der Waals surface area contributed by atoms with Crippen LogP contribution in [0.5, 0.6) is 11.5 Å². The highest BCUT2D eigenvalue weighted by molar-refractivity contribution is 7.18. The van der Waals surface area contributed by atoms with Crippen LogP contribution in [0.3, 0.4) is 0 Å². The van der Waals surface area contributed by atoms with Crippen molar-refractivity contribution in [3.05, 3.63) is 76.1 Å². The molecule has 0 spiro atoms. The molecule has 0 saturated carbocycles. The fraction of sp³-hybridized carbons (Fsp3) is 0.269. The van der Waals surface area contributed by atoms with Gasteiger partial charge in [-0.25, -0.2) is 4.98 Å². The average Bonchev–Trinajstić information content (AvgIpc) is 3.54. The number of ether oxygens (including phenoxy) is 3. The molecule has 2 aromatic heterocycles. The summed E-state index contributed by atoms with van der Waals surface area (Å²) >= 11 is 1.57. The summed E-state index contributed by atoms with van der Waals surface area (Å²) in [7, 11) is 0. The number of esters is 1. The van der Waals surface area contributed by atoms with Crippen LogP contribution in [-0.4, -0.2) is 34.7 Å². The smallest absolute Gasteiger partial charge is 0.306 e. The summed E-state index contributed by atoms with van der Waals surface area (Å²) in [6.07, 6.45) is 0.687. The standard InChI is InChI=1S/C26H24N2O5S/c1-16-11-19(17(2)28(16)13-18-7-8-22-23(12-18)33-15-32-22)21(29)14-31-26(30)10-9-25-27-20-5-3-4-6-24(20)34-25/h3-8,11-12H,9-10,13-15H2,1-2H3. The predicted octanol–water partition coefficient (Wildman–Crippen LogP) is 4.85. The van der Waals surface area contributed by atoms with Gasteiger partial charge in [-0.1, -0.05) is 18.2 Å². The molecule has 8 heteroatoms. The summed E-state index contributed by atoms with van der Waals surface area (Å²) in [5.74, 6) is 0.861. The Kier molecular flexibility index (Phi) is 6.06. The van der Waals surface area contributed by atoms with E-state index in [1.807, 2.05) is 62.4 Å². The average molecular weight is 477 g/mol. The molecule has 0 radical (unpaired) electrons. The number of thiazole rings is 1. The number of benzene rings is 2. The van der Waals surface area contributed by atoms with E-state index in [1.54, 1.807) is 11.3 Å². The first-order chi connectivity index (χ1) is 16.5. The number of hydrogen-bond donors (Lipinski definition) is 0. The van der Waals surface area contributed by atoms with Crippen molar-refractivity contribution < 1.29 is 23.8 Å². The minimum Gasteiger partial charge on any atom is -0.457 e. The molecule has 0 amide bonds. The molecule has 0 atom stereocenters. The zero-order chi connectivity index (χ0) is 23.7. The lowest BCUT2D eigenvalue weighted by Gasteiger charge is -2.11. The van der Waals surface area contributed by atoms with Gasteiger partial charge in [-0.3, -0.25) is 9.59 Å². The van der Waals surface area contributed by atoms with Crippen molar-refractivity contribution in [1.82, 2.24) is 9.55 Å². The maximum absolute atomic E-state index is 12.8. The minimum atomic E-state index is -0.401. The van der Waals surface area contributed by atoms with Gasteiger partial charge in [-0.2, -0.15) is 0 Å². The highest BCUT2D eigenvalue weighted by Crippen LogP contribution is 2.33. The number of aromatic nitrogens is 2. The number of para-hydroxylation sites is 1. The maximum atomic E-state index is 12.8. The summed E-state index contributed by atoms with van der Waals surface area (Å²) < 4.78 is 19.3. The van der Waals surface area contributed by atoms with Crippen LogP contribution < -0.4 is 9.47 Å². The van der Waals surface area contributed by atoms with Crippen molar-refractivity contribution in [1.29, 1.82) is 0 Å². The van der Waals surface area contributed by atoms with Gasteiger partial charge in [-0.05, 0) is 49.7 Å². The highest BCUT2D eigenvalue weighted by Gasteiger charge is 2.19. The van der Waals surface area contributed by atoms with Crippen molar-refractivity contribution in [2.45, 2.75) is 33.2 Å². The summed E-state index contributed by atoms with van der Waals surface area (Å²) in [5, 5.41) is 0.886. The topological polar surface area (TPSA) is 79.7 Å². The molecular formula is C26H24N2O5S. The van der Waals surface area contributed by atoms with Gasteiger partial charge in [0, 0.05) is 29.9 Å². The van der Waals surface area contributed by atoms with E-state index in [1.165, 1.54) is 0 Å². The number of nitrogens with zero attached hydrogens (tertiary/aromatic N) is 2. The Morgan fingerprint density at radius 2 is 1.91 bits per heavy atom. The van der Waals surface area contributed by atoms with E-state index >= 15 is 0 Å². The third-order valence-electron chi connectivity index (χ3n) is 5.90. The van der Waals surface area contributed by atoms with Crippen molar-refractivity contribution in [2.24, 2.45) is 0 Å². The summed E-state index contributed by atoms with van der Waals surface area (Å²) in [6.45, 7) is 4.43. The maximum Gasteiger partial charge on any atom is 0.306 e. The van der Waals surface area contributed by atoms with E-state index in [9.17, 15) is 9.59 Å². The summed E-state index contributed by atoms with van der Waals surface area (Å²) in [5.41, 5.74) is 4.34. The number of ketones is 1. The molecule has 5 rings (SSSR count). The van der Waals surface area contributed by atoms with Crippen LogP contribution in [0.4, 0.5) is 0 Å². The van der Waals surface area contributed by atoms with Gasteiger partial charge in [-0.15, -0.1) is 11.3 Å². The molecule has 34 heavy (non-hydrogen) atoms. The normalized spacial score (nSPS) is 12.3. The zero-order valence-electron chi connectivity index (χ0n) is 19.0. The van der Waals surface area contributed by atoms with Crippen molar-refractivity contribution in [3.8, 4) is 11.5 Å². The Hall–Kier alpha value is -3.65. The molecule has 2 aromatic carbocycles. The molecule has 174 valence electrons.